The predicted octanol–water partition coefficient (Wildman–Crippen LogP) is 1.21. The number of hydrogen-bond acceptors (Lipinski definition) is 2. The summed E-state index contributed by atoms with van der Waals surface area (Å²) in [4.78, 5) is 4.04. The first-order valence-corrected chi connectivity index (χ1v) is 7.46. The Hall–Kier alpha value is -0.770. The average Bonchev–Trinajstić information content (AvgIpc) is 2.25. The summed E-state index contributed by atoms with van der Waals surface area (Å²) in [5.41, 5.74) is 11.1. The molecule has 0 atom stereocenters. The molecule has 5 N–H and O–H groups in total. The fourth-order valence-corrected chi connectivity index (χ4v) is 4.97. The van der Waals surface area contributed by atoms with Crippen LogP contribution in [0, 0.1) is 17.8 Å². The normalized spacial score (nSPS) is 41.0. The Morgan fingerprint density at radius 1 is 1.06 bits per heavy atom. The second-order valence-electron chi connectivity index (χ2n) is 6.78. The summed E-state index contributed by atoms with van der Waals surface area (Å²) in [7, 11) is 0. The summed E-state index contributed by atoms with van der Waals surface area (Å²) >= 11 is 0. The summed E-state index contributed by atoms with van der Waals surface area (Å²) in [5, 5.41) is 3.85. The van der Waals surface area contributed by atoms with Crippen LogP contribution in [0.15, 0.2) is 4.99 Å². The molecule has 4 saturated carbocycles. The summed E-state index contributed by atoms with van der Waals surface area (Å²) < 4.78 is 0. The molecule has 0 aliphatic heterocycles. The summed E-state index contributed by atoms with van der Waals surface area (Å²) in [5.74, 6) is 3.26. The van der Waals surface area contributed by atoms with Crippen LogP contribution >= 0.6 is 0 Å². The highest BCUT2D eigenvalue weighted by molar-refractivity contribution is 5.75. The van der Waals surface area contributed by atoms with Crippen LogP contribution in [-0.4, -0.2) is 24.6 Å². The van der Waals surface area contributed by atoms with Crippen LogP contribution in [0.4, 0.5) is 0 Å². The van der Waals surface area contributed by atoms with Crippen LogP contribution in [-0.2, 0) is 0 Å². The van der Waals surface area contributed by atoms with Gasteiger partial charge in [-0.05, 0) is 69.2 Å². The van der Waals surface area contributed by atoms with Gasteiger partial charge in [0.2, 0.25) is 0 Å². The topological polar surface area (TPSA) is 76.4 Å². The number of aliphatic imine (C=N–C) groups is 1. The molecule has 0 saturated heterocycles. The molecular formula is C14H26N4. The van der Waals surface area contributed by atoms with Crippen molar-refractivity contribution >= 4 is 5.96 Å². The number of guanidine groups is 1. The summed E-state index contributed by atoms with van der Waals surface area (Å²) in [6.45, 7) is 1.81. The Labute approximate surface area is 110 Å². The van der Waals surface area contributed by atoms with Gasteiger partial charge in [0.15, 0.2) is 5.96 Å². The lowest BCUT2D eigenvalue weighted by atomic mass is 9.53. The van der Waals surface area contributed by atoms with Crippen molar-refractivity contribution in [1.29, 1.82) is 0 Å². The van der Waals surface area contributed by atoms with E-state index in [9.17, 15) is 0 Å². The zero-order valence-electron chi connectivity index (χ0n) is 11.2. The first-order valence-electron chi connectivity index (χ1n) is 7.46. The summed E-state index contributed by atoms with van der Waals surface area (Å²) in [6, 6.07) is 0. The first-order chi connectivity index (χ1) is 8.65. The maximum absolute atomic E-state index is 5.33. The van der Waals surface area contributed by atoms with Gasteiger partial charge in [-0.15, -0.1) is 0 Å². The minimum absolute atomic E-state index is 0.213. The molecule has 4 bridgehead atoms. The minimum Gasteiger partial charge on any atom is -0.370 e. The third-order valence-electron chi connectivity index (χ3n) is 5.17. The molecule has 4 aliphatic rings. The van der Waals surface area contributed by atoms with Crippen molar-refractivity contribution in [2.24, 2.45) is 34.2 Å². The van der Waals surface area contributed by atoms with E-state index in [1.165, 1.54) is 38.5 Å². The van der Waals surface area contributed by atoms with Gasteiger partial charge in [-0.3, -0.25) is 4.99 Å². The third-order valence-corrected chi connectivity index (χ3v) is 5.17. The van der Waals surface area contributed by atoms with Crippen LogP contribution in [0.5, 0.6) is 0 Å². The van der Waals surface area contributed by atoms with Crippen molar-refractivity contribution in [3.63, 3.8) is 0 Å². The standard InChI is InChI=1S/C14H26N4/c15-13(16)17-2-1-3-18-14-7-10-4-11(8-14)6-12(5-10)9-14/h10-12,18H,1-9H2,(H4,15,16,17). The molecule has 4 heteroatoms. The van der Waals surface area contributed by atoms with E-state index < -0.39 is 0 Å². The Kier molecular flexibility index (Phi) is 3.22. The van der Waals surface area contributed by atoms with E-state index in [-0.39, 0.29) is 5.96 Å². The molecular weight excluding hydrogens is 224 g/mol. The predicted molar refractivity (Wildman–Crippen MR) is 74.2 cm³/mol. The van der Waals surface area contributed by atoms with Gasteiger partial charge in [-0.2, -0.15) is 0 Å². The van der Waals surface area contributed by atoms with E-state index in [0.717, 1.165) is 37.3 Å². The zero-order valence-corrected chi connectivity index (χ0v) is 11.2. The largest absolute Gasteiger partial charge is 0.370 e. The molecule has 0 spiro atoms. The van der Waals surface area contributed by atoms with Crippen molar-refractivity contribution in [3.8, 4) is 0 Å². The van der Waals surface area contributed by atoms with E-state index in [4.69, 9.17) is 11.5 Å². The maximum Gasteiger partial charge on any atom is 0.185 e. The van der Waals surface area contributed by atoms with Crippen LogP contribution in [0.25, 0.3) is 0 Å². The molecule has 4 aliphatic carbocycles. The zero-order chi connectivity index (χ0) is 12.6. The monoisotopic (exact) mass is 250 g/mol. The quantitative estimate of drug-likeness (QED) is 0.390. The number of nitrogens with one attached hydrogen (secondary N) is 1. The SMILES string of the molecule is NC(N)=NCCCNC12CC3CC(CC(C3)C1)C2. The smallest absolute Gasteiger partial charge is 0.185 e. The Balaban J connectivity index is 1.49. The van der Waals surface area contributed by atoms with Crippen LogP contribution in [0.1, 0.15) is 44.9 Å². The Bertz CT molecular complexity index is 297. The molecule has 0 aromatic rings. The summed E-state index contributed by atoms with van der Waals surface area (Å²) in [6.07, 6.45) is 9.82. The van der Waals surface area contributed by atoms with E-state index in [1.807, 2.05) is 0 Å². The van der Waals surface area contributed by atoms with E-state index in [2.05, 4.69) is 10.3 Å². The number of nitrogens with two attached hydrogens (primary N) is 2. The van der Waals surface area contributed by atoms with Gasteiger partial charge in [-0.25, -0.2) is 0 Å². The van der Waals surface area contributed by atoms with Gasteiger partial charge in [0, 0.05) is 12.1 Å². The van der Waals surface area contributed by atoms with Gasteiger partial charge in [0.25, 0.3) is 0 Å². The highest BCUT2D eigenvalue weighted by atomic mass is 15.0. The van der Waals surface area contributed by atoms with Gasteiger partial charge in [0.05, 0.1) is 0 Å². The first kappa shape index (κ1) is 12.3. The molecule has 0 amide bonds. The fourth-order valence-electron chi connectivity index (χ4n) is 4.97. The molecule has 4 nitrogen and oxygen atoms in total. The number of rotatable bonds is 5. The van der Waals surface area contributed by atoms with Gasteiger partial charge in [-0.1, -0.05) is 0 Å². The molecule has 4 fully saturated rings. The van der Waals surface area contributed by atoms with Crippen LogP contribution in [0.2, 0.25) is 0 Å². The van der Waals surface area contributed by atoms with Crippen LogP contribution in [0.3, 0.4) is 0 Å². The highest BCUT2D eigenvalue weighted by Crippen LogP contribution is 2.55. The van der Waals surface area contributed by atoms with E-state index >= 15 is 0 Å². The van der Waals surface area contributed by atoms with Crippen LogP contribution < -0.4 is 16.8 Å². The second kappa shape index (κ2) is 4.72. The molecule has 0 unspecified atom stereocenters. The molecule has 0 aromatic heterocycles. The Morgan fingerprint density at radius 2 is 1.61 bits per heavy atom. The second-order valence-corrected chi connectivity index (χ2v) is 6.78. The minimum atomic E-state index is 0.213. The lowest BCUT2D eigenvalue weighted by Gasteiger charge is -2.57. The average molecular weight is 250 g/mol. The van der Waals surface area contributed by atoms with Gasteiger partial charge >= 0.3 is 0 Å². The molecule has 0 heterocycles. The lowest BCUT2D eigenvalue weighted by Crippen LogP contribution is -2.58. The van der Waals surface area contributed by atoms with Gasteiger partial charge < -0.3 is 16.8 Å². The molecule has 0 radical (unpaired) electrons. The maximum atomic E-state index is 5.33. The number of hydrogen-bond donors (Lipinski definition) is 3. The molecule has 0 aromatic carbocycles. The highest BCUT2D eigenvalue weighted by Gasteiger charge is 2.50. The molecule has 102 valence electrons. The van der Waals surface area contributed by atoms with Crippen molar-refractivity contribution in [1.82, 2.24) is 5.32 Å². The lowest BCUT2D eigenvalue weighted by molar-refractivity contribution is -0.0194. The van der Waals surface area contributed by atoms with Crippen molar-refractivity contribution in [2.45, 2.75) is 50.5 Å². The van der Waals surface area contributed by atoms with E-state index in [1.54, 1.807) is 0 Å². The van der Waals surface area contributed by atoms with Crippen molar-refractivity contribution in [2.75, 3.05) is 13.1 Å². The molecule has 18 heavy (non-hydrogen) atoms. The Morgan fingerprint density at radius 3 is 2.11 bits per heavy atom. The molecule has 4 rings (SSSR count). The number of nitrogens with zero attached hydrogens (tertiary/aromatic N) is 1. The fraction of sp³-hybridized carbons (Fsp3) is 0.929. The van der Waals surface area contributed by atoms with Gasteiger partial charge in [0.1, 0.15) is 0 Å². The third kappa shape index (κ3) is 2.48. The van der Waals surface area contributed by atoms with Crippen molar-refractivity contribution in [3.05, 3.63) is 0 Å². The van der Waals surface area contributed by atoms with Crippen molar-refractivity contribution < 1.29 is 0 Å². The van der Waals surface area contributed by atoms with E-state index in [0.29, 0.717) is 5.54 Å².